The number of hydrogen-bond acceptors (Lipinski definition) is 2. The summed E-state index contributed by atoms with van der Waals surface area (Å²) >= 11 is 11.2. The van der Waals surface area contributed by atoms with Crippen LogP contribution in [0.25, 0.3) is 10.2 Å². The van der Waals surface area contributed by atoms with Gasteiger partial charge in [-0.25, -0.2) is 4.98 Å². The molecule has 2 aromatic rings. The first-order valence-electron chi connectivity index (χ1n) is 4.33. The first-order chi connectivity index (χ1) is 6.58. The van der Waals surface area contributed by atoms with E-state index in [0.29, 0.717) is 5.92 Å². The van der Waals surface area contributed by atoms with Crippen molar-refractivity contribution in [2.24, 2.45) is 0 Å². The lowest BCUT2D eigenvalue weighted by Gasteiger charge is -1.94. The number of benzene rings is 1. The normalized spacial score (nSPS) is 11.5. The van der Waals surface area contributed by atoms with Gasteiger partial charge in [-0.15, -0.1) is 11.3 Å². The lowest BCUT2D eigenvalue weighted by molar-refractivity contribution is 0.857. The maximum atomic E-state index is 6.12. The number of aromatic nitrogens is 1. The van der Waals surface area contributed by atoms with Crippen LogP contribution in [0.1, 0.15) is 24.8 Å². The van der Waals surface area contributed by atoms with Gasteiger partial charge >= 0.3 is 0 Å². The van der Waals surface area contributed by atoms with E-state index in [1.807, 2.05) is 12.1 Å². The molecule has 0 spiro atoms. The van der Waals surface area contributed by atoms with Crippen molar-refractivity contribution in [2.75, 3.05) is 0 Å². The van der Waals surface area contributed by atoms with Crippen molar-refractivity contribution in [3.8, 4) is 0 Å². The second-order valence-electron chi connectivity index (χ2n) is 3.44. The Morgan fingerprint density at radius 1 is 1.43 bits per heavy atom. The van der Waals surface area contributed by atoms with Crippen LogP contribution in [0.5, 0.6) is 0 Å². The molecule has 74 valence electrons. The number of halogens is 2. The van der Waals surface area contributed by atoms with E-state index in [9.17, 15) is 0 Å². The van der Waals surface area contributed by atoms with Crippen LogP contribution in [0.2, 0.25) is 5.02 Å². The minimum Gasteiger partial charge on any atom is -0.241 e. The summed E-state index contributed by atoms with van der Waals surface area (Å²) in [5.41, 5.74) is 0.984. The summed E-state index contributed by atoms with van der Waals surface area (Å²) in [6.45, 7) is 4.28. The third kappa shape index (κ3) is 1.81. The van der Waals surface area contributed by atoms with Gasteiger partial charge < -0.3 is 0 Å². The third-order valence-electron chi connectivity index (χ3n) is 1.92. The quantitative estimate of drug-likeness (QED) is 0.732. The van der Waals surface area contributed by atoms with Gasteiger partial charge in [0.2, 0.25) is 0 Å². The van der Waals surface area contributed by atoms with Gasteiger partial charge in [0.15, 0.2) is 0 Å². The Kier molecular flexibility index (Phi) is 2.82. The molecule has 0 aliphatic rings. The molecule has 0 unspecified atom stereocenters. The van der Waals surface area contributed by atoms with Gasteiger partial charge in [0.05, 0.1) is 20.2 Å². The van der Waals surface area contributed by atoms with Gasteiger partial charge in [0, 0.05) is 10.4 Å². The molecule has 0 bridgehead atoms. The second kappa shape index (κ2) is 3.80. The van der Waals surface area contributed by atoms with E-state index in [1.165, 1.54) is 0 Å². The molecule has 1 heterocycles. The molecular formula is C10H9BrClNS. The standard InChI is InChI=1S/C10H9BrClNS/c1-5(2)10-13-8-4-6(11)3-7(12)9(8)14-10/h3-5H,1-2H3. The third-order valence-corrected chi connectivity index (χ3v) is 4.19. The van der Waals surface area contributed by atoms with E-state index in [0.717, 1.165) is 24.7 Å². The molecule has 0 saturated carbocycles. The van der Waals surface area contributed by atoms with Crippen molar-refractivity contribution in [2.45, 2.75) is 19.8 Å². The molecule has 14 heavy (non-hydrogen) atoms. The minimum atomic E-state index is 0.460. The first kappa shape index (κ1) is 10.4. The van der Waals surface area contributed by atoms with E-state index in [4.69, 9.17) is 11.6 Å². The molecule has 0 amide bonds. The fraction of sp³-hybridized carbons (Fsp3) is 0.300. The Morgan fingerprint density at radius 3 is 2.79 bits per heavy atom. The number of thiazole rings is 1. The maximum absolute atomic E-state index is 6.12. The second-order valence-corrected chi connectivity index (χ2v) is 5.80. The Bertz CT molecular complexity index is 478. The summed E-state index contributed by atoms with van der Waals surface area (Å²) in [6, 6.07) is 3.91. The summed E-state index contributed by atoms with van der Waals surface area (Å²) in [5.74, 6) is 0.460. The topological polar surface area (TPSA) is 12.9 Å². The predicted molar refractivity (Wildman–Crippen MR) is 66.4 cm³/mol. The zero-order chi connectivity index (χ0) is 10.3. The van der Waals surface area contributed by atoms with Gasteiger partial charge in [-0.1, -0.05) is 41.4 Å². The van der Waals surface area contributed by atoms with Crippen LogP contribution in [0.4, 0.5) is 0 Å². The molecule has 2 rings (SSSR count). The molecule has 1 aromatic heterocycles. The van der Waals surface area contributed by atoms with Gasteiger partial charge in [-0.3, -0.25) is 0 Å². The van der Waals surface area contributed by atoms with Crippen LogP contribution in [-0.2, 0) is 0 Å². The molecular weight excluding hydrogens is 282 g/mol. The Morgan fingerprint density at radius 2 is 2.14 bits per heavy atom. The van der Waals surface area contributed by atoms with Crippen molar-refractivity contribution in [3.05, 3.63) is 26.6 Å². The largest absolute Gasteiger partial charge is 0.241 e. The Labute approximate surface area is 100 Å². The van der Waals surface area contributed by atoms with E-state index in [-0.39, 0.29) is 0 Å². The molecule has 4 heteroatoms. The van der Waals surface area contributed by atoms with Crippen LogP contribution in [0.15, 0.2) is 16.6 Å². The van der Waals surface area contributed by atoms with Crippen molar-refractivity contribution >= 4 is 49.1 Å². The smallest absolute Gasteiger partial charge is 0.0964 e. The molecule has 0 aliphatic carbocycles. The maximum Gasteiger partial charge on any atom is 0.0964 e. The highest BCUT2D eigenvalue weighted by atomic mass is 79.9. The molecule has 0 radical (unpaired) electrons. The van der Waals surface area contributed by atoms with Crippen LogP contribution >= 0.6 is 38.9 Å². The summed E-state index contributed by atoms with van der Waals surface area (Å²) < 4.78 is 2.06. The molecule has 1 aromatic carbocycles. The lowest BCUT2D eigenvalue weighted by Crippen LogP contribution is -1.82. The monoisotopic (exact) mass is 289 g/mol. The number of fused-ring (bicyclic) bond motifs is 1. The summed E-state index contributed by atoms with van der Waals surface area (Å²) in [5, 5.41) is 1.92. The predicted octanol–water partition coefficient (Wildman–Crippen LogP) is 4.84. The summed E-state index contributed by atoms with van der Waals surface area (Å²) in [7, 11) is 0. The van der Waals surface area contributed by atoms with E-state index < -0.39 is 0 Å². The Hall–Kier alpha value is -0.120. The molecule has 1 nitrogen and oxygen atoms in total. The number of rotatable bonds is 1. The van der Waals surface area contributed by atoms with E-state index in [1.54, 1.807) is 11.3 Å². The molecule has 0 fully saturated rings. The summed E-state index contributed by atoms with van der Waals surface area (Å²) in [4.78, 5) is 4.54. The molecule has 0 N–H and O–H groups in total. The highest BCUT2D eigenvalue weighted by molar-refractivity contribution is 9.10. The van der Waals surface area contributed by atoms with Gasteiger partial charge in [0.25, 0.3) is 0 Å². The van der Waals surface area contributed by atoms with Gasteiger partial charge in [-0.2, -0.15) is 0 Å². The van der Waals surface area contributed by atoms with E-state index in [2.05, 4.69) is 34.8 Å². The van der Waals surface area contributed by atoms with Crippen molar-refractivity contribution < 1.29 is 0 Å². The molecule has 0 saturated heterocycles. The van der Waals surface area contributed by atoms with Crippen molar-refractivity contribution in [1.29, 1.82) is 0 Å². The molecule has 0 aliphatic heterocycles. The van der Waals surface area contributed by atoms with Crippen LogP contribution in [0.3, 0.4) is 0 Å². The average Bonchev–Trinajstić information content (AvgIpc) is 2.47. The minimum absolute atomic E-state index is 0.460. The van der Waals surface area contributed by atoms with Crippen LogP contribution < -0.4 is 0 Å². The summed E-state index contributed by atoms with van der Waals surface area (Å²) in [6.07, 6.45) is 0. The molecule has 0 atom stereocenters. The van der Waals surface area contributed by atoms with Gasteiger partial charge in [0.1, 0.15) is 0 Å². The SMILES string of the molecule is CC(C)c1nc2cc(Br)cc(Cl)c2s1. The van der Waals surface area contributed by atoms with Crippen molar-refractivity contribution in [1.82, 2.24) is 4.98 Å². The fourth-order valence-corrected chi connectivity index (χ4v) is 3.09. The van der Waals surface area contributed by atoms with Crippen molar-refractivity contribution in [3.63, 3.8) is 0 Å². The average molecular weight is 291 g/mol. The first-order valence-corrected chi connectivity index (χ1v) is 6.32. The highest BCUT2D eigenvalue weighted by Crippen LogP contribution is 2.34. The lowest BCUT2D eigenvalue weighted by atomic mass is 10.2. The number of hydrogen-bond donors (Lipinski definition) is 0. The zero-order valence-corrected chi connectivity index (χ0v) is 11.0. The van der Waals surface area contributed by atoms with Crippen LogP contribution in [-0.4, -0.2) is 4.98 Å². The van der Waals surface area contributed by atoms with Crippen LogP contribution in [0, 0.1) is 0 Å². The zero-order valence-electron chi connectivity index (χ0n) is 7.84. The Balaban J connectivity index is 2.70. The van der Waals surface area contributed by atoms with Gasteiger partial charge in [-0.05, 0) is 12.1 Å². The van der Waals surface area contributed by atoms with E-state index >= 15 is 0 Å². The highest BCUT2D eigenvalue weighted by Gasteiger charge is 2.10. The number of nitrogens with zero attached hydrogens (tertiary/aromatic N) is 1. The fourth-order valence-electron chi connectivity index (χ4n) is 1.22.